The van der Waals surface area contributed by atoms with Gasteiger partial charge >= 0.3 is 0 Å². The number of thiazole rings is 1. The third-order valence-electron chi connectivity index (χ3n) is 5.32. The number of benzene rings is 2. The summed E-state index contributed by atoms with van der Waals surface area (Å²) in [6.07, 6.45) is 0.807. The van der Waals surface area contributed by atoms with Crippen molar-refractivity contribution in [3.05, 3.63) is 69.2 Å². The molecule has 4 rings (SSSR count). The van der Waals surface area contributed by atoms with Gasteiger partial charge in [-0.2, -0.15) is 0 Å². The van der Waals surface area contributed by atoms with Crippen LogP contribution in [0.4, 0.5) is 0 Å². The van der Waals surface area contributed by atoms with E-state index in [2.05, 4.69) is 16.4 Å². The summed E-state index contributed by atoms with van der Waals surface area (Å²) >= 11 is 3.32. The van der Waals surface area contributed by atoms with E-state index in [0.29, 0.717) is 26.3 Å². The molecule has 0 spiro atoms. The van der Waals surface area contributed by atoms with Gasteiger partial charge in [0.1, 0.15) is 0 Å². The van der Waals surface area contributed by atoms with Crippen molar-refractivity contribution in [2.24, 2.45) is 0 Å². The molecule has 1 amide bonds. The quantitative estimate of drug-likeness (QED) is 0.395. The molecular weight excluding hydrogens is 440 g/mol. The number of aromatic nitrogens is 1. The van der Waals surface area contributed by atoms with E-state index >= 15 is 0 Å². The van der Waals surface area contributed by atoms with Crippen LogP contribution in [0.3, 0.4) is 0 Å². The number of nitrogens with zero attached hydrogens (tertiary/aromatic N) is 2. The second-order valence-electron chi connectivity index (χ2n) is 7.55. The molecule has 0 bridgehead atoms. The van der Waals surface area contributed by atoms with Crippen LogP contribution in [0.5, 0.6) is 11.5 Å². The fraction of sp³-hybridized carbons (Fsp3) is 0.360. The van der Waals surface area contributed by atoms with E-state index in [9.17, 15) is 4.79 Å². The fourth-order valence-corrected chi connectivity index (χ4v) is 5.49. The molecule has 1 aliphatic rings. The average Bonchev–Trinajstić information content (AvgIpc) is 3.23. The second-order valence-corrected chi connectivity index (χ2v) is 9.63. The smallest absolute Gasteiger partial charge is 0.255 e. The van der Waals surface area contributed by atoms with Crippen LogP contribution < -0.4 is 9.47 Å². The predicted molar refractivity (Wildman–Crippen MR) is 130 cm³/mol. The summed E-state index contributed by atoms with van der Waals surface area (Å²) < 4.78 is 11.6. The lowest BCUT2D eigenvalue weighted by molar-refractivity contribution is 0.0731. The van der Waals surface area contributed by atoms with E-state index in [1.54, 1.807) is 23.1 Å². The average molecular weight is 469 g/mol. The number of carbonyl (C=O) groups excluding carboxylic acids is 1. The summed E-state index contributed by atoms with van der Waals surface area (Å²) in [5.41, 5.74) is 4.16. The van der Waals surface area contributed by atoms with Gasteiger partial charge in [-0.25, -0.2) is 4.98 Å². The standard InChI is InChI=1S/C25H28N2O3S2/c1-4-29-22-12-18-10-11-27(14-19(18)13-23(22)30-5-2)25(28)21-8-6-7-9-24(21)32-16-20-15-31-17(3)26-20/h6-9,12-13,15H,4-5,10-11,14,16H2,1-3H3. The topological polar surface area (TPSA) is 51.7 Å². The number of ether oxygens (including phenoxy) is 2. The van der Waals surface area contributed by atoms with Gasteiger partial charge in [0.15, 0.2) is 11.5 Å². The molecule has 0 radical (unpaired) electrons. The molecule has 0 saturated heterocycles. The minimum Gasteiger partial charge on any atom is -0.490 e. The predicted octanol–water partition coefficient (Wildman–Crippen LogP) is 5.74. The summed E-state index contributed by atoms with van der Waals surface area (Å²) in [5.74, 6) is 2.36. The highest BCUT2D eigenvalue weighted by atomic mass is 32.2. The third kappa shape index (κ3) is 5.10. The Morgan fingerprint density at radius 2 is 1.84 bits per heavy atom. The highest BCUT2D eigenvalue weighted by Gasteiger charge is 2.25. The lowest BCUT2D eigenvalue weighted by Gasteiger charge is -2.30. The molecule has 7 heteroatoms. The molecule has 0 unspecified atom stereocenters. The van der Waals surface area contributed by atoms with Gasteiger partial charge in [0, 0.05) is 29.1 Å². The molecule has 0 fully saturated rings. The number of amides is 1. The number of carbonyl (C=O) groups is 1. The Labute approximate surface area is 197 Å². The van der Waals surface area contributed by atoms with Gasteiger partial charge in [0.25, 0.3) is 5.91 Å². The molecule has 0 aliphatic carbocycles. The van der Waals surface area contributed by atoms with Crippen LogP contribution in [0, 0.1) is 6.92 Å². The Bertz CT molecular complexity index is 1100. The molecule has 1 aromatic heterocycles. The number of hydrogen-bond donors (Lipinski definition) is 0. The molecule has 32 heavy (non-hydrogen) atoms. The van der Waals surface area contributed by atoms with Crippen molar-refractivity contribution >= 4 is 29.0 Å². The third-order valence-corrected chi connectivity index (χ3v) is 7.25. The Balaban J connectivity index is 1.52. The lowest BCUT2D eigenvalue weighted by atomic mass is 9.98. The summed E-state index contributed by atoms with van der Waals surface area (Å²) in [6.45, 7) is 8.38. The zero-order valence-corrected chi connectivity index (χ0v) is 20.4. The van der Waals surface area contributed by atoms with Crippen LogP contribution in [0.25, 0.3) is 0 Å². The highest BCUT2D eigenvalue weighted by molar-refractivity contribution is 7.98. The second kappa shape index (κ2) is 10.4. The van der Waals surface area contributed by atoms with Crippen LogP contribution in [0.15, 0.2) is 46.7 Å². The first-order valence-corrected chi connectivity index (χ1v) is 12.8. The van der Waals surface area contributed by atoms with Gasteiger partial charge in [0.05, 0.1) is 29.5 Å². The molecule has 168 valence electrons. The zero-order chi connectivity index (χ0) is 22.5. The molecule has 1 aliphatic heterocycles. The fourth-order valence-electron chi connectivity index (χ4n) is 3.84. The number of aryl methyl sites for hydroxylation is 1. The van der Waals surface area contributed by atoms with Crippen LogP contribution in [-0.4, -0.2) is 35.5 Å². The first-order chi connectivity index (χ1) is 15.6. The van der Waals surface area contributed by atoms with Crippen molar-refractivity contribution in [3.63, 3.8) is 0 Å². The summed E-state index contributed by atoms with van der Waals surface area (Å²) in [7, 11) is 0. The van der Waals surface area contributed by atoms with Gasteiger partial charge in [-0.3, -0.25) is 4.79 Å². The molecule has 0 N–H and O–H groups in total. The van der Waals surface area contributed by atoms with Gasteiger partial charge in [-0.15, -0.1) is 23.1 Å². The number of hydrogen-bond acceptors (Lipinski definition) is 6. The maximum Gasteiger partial charge on any atom is 0.255 e. The van der Waals surface area contributed by atoms with Crippen LogP contribution in [-0.2, 0) is 18.7 Å². The lowest BCUT2D eigenvalue weighted by Crippen LogP contribution is -2.36. The van der Waals surface area contributed by atoms with Gasteiger partial charge in [0.2, 0.25) is 0 Å². The monoisotopic (exact) mass is 468 g/mol. The Kier molecular flexibility index (Phi) is 7.37. The van der Waals surface area contributed by atoms with E-state index in [0.717, 1.165) is 50.4 Å². The minimum atomic E-state index is 0.0695. The molecule has 0 atom stereocenters. The first kappa shape index (κ1) is 22.7. The van der Waals surface area contributed by atoms with Crippen LogP contribution in [0.2, 0.25) is 0 Å². The van der Waals surface area contributed by atoms with Crippen molar-refractivity contribution in [1.82, 2.24) is 9.88 Å². The maximum absolute atomic E-state index is 13.5. The van der Waals surface area contributed by atoms with Crippen molar-refractivity contribution in [2.45, 2.75) is 44.4 Å². The van der Waals surface area contributed by atoms with E-state index in [-0.39, 0.29) is 5.91 Å². The van der Waals surface area contributed by atoms with E-state index in [1.165, 1.54) is 5.56 Å². The highest BCUT2D eigenvalue weighted by Crippen LogP contribution is 2.35. The van der Waals surface area contributed by atoms with E-state index < -0.39 is 0 Å². The first-order valence-electron chi connectivity index (χ1n) is 10.9. The van der Waals surface area contributed by atoms with E-state index in [1.807, 2.05) is 56.0 Å². The van der Waals surface area contributed by atoms with Crippen LogP contribution in [0.1, 0.15) is 46.0 Å². The van der Waals surface area contributed by atoms with Crippen molar-refractivity contribution in [3.8, 4) is 11.5 Å². The molecule has 0 saturated carbocycles. The van der Waals surface area contributed by atoms with Crippen LogP contribution >= 0.6 is 23.1 Å². The Morgan fingerprint density at radius 3 is 2.53 bits per heavy atom. The van der Waals surface area contributed by atoms with E-state index in [4.69, 9.17) is 9.47 Å². The molecule has 3 aromatic rings. The summed E-state index contributed by atoms with van der Waals surface area (Å²) in [6, 6.07) is 12.0. The van der Waals surface area contributed by atoms with Crippen molar-refractivity contribution in [2.75, 3.05) is 19.8 Å². The summed E-state index contributed by atoms with van der Waals surface area (Å²) in [5, 5.41) is 3.15. The largest absolute Gasteiger partial charge is 0.490 e. The molecule has 5 nitrogen and oxygen atoms in total. The molecule has 2 heterocycles. The Hall–Kier alpha value is -2.51. The normalized spacial score (nSPS) is 13.0. The maximum atomic E-state index is 13.5. The summed E-state index contributed by atoms with van der Waals surface area (Å²) in [4.78, 5) is 20.9. The van der Waals surface area contributed by atoms with Gasteiger partial charge < -0.3 is 14.4 Å². The zero-order valence-electron chi connectivity index (χ0n) is 18.7. The SMILES string of the molecule is CCOc1cc2c(cc1OCC)CN(C(=O)c1ccccc1SCc1csc(C)n1)CC2. The number of fused-ring (bicyclic) bond motifs is 1. The molecule has 2 aromatic carbocycles. The van der Waals surface area contributed by atoms with Crippen molar-refractivity contribution in [1.29, 1.82) is 0 Å². The number of thioether (sulfide) groups is 1. The molecular formula is C25H28N2O3S2. The Morgan fingerprint density at radius 1 is 1.12 bits per heavy atom. The minimum absolute atomic E-state index is 0.0695. The number of rotatable bonds is 8. The van der Waals surface area contributed by atoms with Gasteiger partial charge in [-0.1, -0.05) is 12.1 Å². The van der Waals surface area contributed by atoms with Crippen molar-refractivity contribution < 1.29 is 14.3 Å². The van der Waals surface area contributed by atoms with Gasteiger partial charge in [-0.05, 0) is 62.6 Å².